The number of benzene rings is 1. The van der Waals surface area contributed by atoms with Crippen molar-refractivity contribution in [3.05, 3.63) is 48.0 Å². The van der Waals surface area contributed by atoms with E-state index in [9.17, 15) is 4.79 Å². The summed E-state index contributed by atoms with van der Waals surface area (Å²) in [5, 5.41) is 2.84. The van der Waals surface area contributed by atoms with E-state index in [2.05, 4.69) is 10.3 Å². The number of rotatable bonds is 1. The molecule has 0 aliphatic rings. The lowest BCUT2D eigenvalue weighted by atomic mass is 10.1. The molecule has 0 fully saturated rings. The molecule has 0 radical (unpaired) electrons. The van der Waals surface area contributed by atoms with Gasteiger partial charge in [0, 0.05) is 18.1 Å². The molecule has 0 bridgehead atoms. The lowest BCUT2D eigenvalue weighted by molar-refractivity contribution is 0.253. The summed E-state index contributed by atoms with van der Waals surface area (Å²) in [6, 6.07) is 5.62. The van der Waals surface area contributed by atoms with Crippen LogP contribution in [0.1, 0.15) is 11.1 Å². The normalized spacial score (nSPS) is 10.1. The fourth-order valence-electron chi connectivity index (χ4n) is 1.45. The second-order valence-corrected chi connectivity index (χ2v) is 3.65. The van der Waals surface area contributed by atoms with Crippen LogP contribution in [-0.2, 0) is 0 Å². The molecule has 0 aliphatic carbocycles. The molecule has 82 valence electrons. The predicted octanol–water partition coefficient (Wildman–Crippen LogP) is 2.58. The van der Waals surface area contributed by atoms with Crippen molar-refractivity contribution in [1.82, 2.24) is 9.55 Å². The van der Waals surface area contributed by atoms with E-state index >= 15 is 0 Å². The fourth-order valence-corrected chi connectivity index (χ4v) is 1.45. The molecule has 4 heteroatoms. The Morgan fingerprint density at radius 3 is 2.88 bits per heavy atom. The summed E-state index contributed by atoms with van der Waals surface area (Å²) < 4.78 is 1.40. The number of nitrogens with zero attached hydrogens (tertiary/aromatic N) is 2. The van der Waals surface area contributed by atoms with Gasteiger partial charge in [0.2, 0.25) is 0 Å². The SMILES string of the molecule is Cc1cccc(NC(=O)n2ccnc2)c1C. The summed E-state index contributed by atoms with van der Waals surface area (Å²) in [6.45, 7) is 4.00. The highest BCUT2D eigenvalue weighted by atomic mass is 16.2. The highest BCUT2D eigenvalue weighted by Crippen LogP contribution is 2.17. The van der Waals surface area contributed by atoms with Gasteiger partial charge in [0.05, 0.1) is 0 Å². The van der Waals surface area contributed by atoms with Gasteiger partial charge in [0.15, 0.2) is 0 Å². The van der Waals surface area contributed by atoms with Crippen LogP contribution in [0.2, 0.25) is 0 Å². The van der Waals surface area contributed by atoms with Crippen molar-refractivity contribution in [3.8, 4) is 0 Å². The van der Waals surface area contributed by atoms with E-state index < -0.39 is 0 Å². The van der Waals surface area contributed by atoms with Crippen LogP contribution in [-0.4, -0.2) is 15.6 Å². The first kappa shape index (κ1) is 10.4. The van der Waals surface area contributed by atoms with E-state index in [0.29, 0.717) is 0 Å². The third kappa shape index (κ3) is 1.95. The summed E-state index contributed by atoms with van der Waals surface area (Å²) >= 11 is 0. The maximum atomic E-state index is 11.8. The minimum Gasteiger partial charge on any atom is -0.307 e. The third-order valence-electron chi connectivity index (χ3n) is 2.59. The van der Waals surface area contributed by atoms with Crippen LogP contribution >= 0.6 is 0 Å². The molecule has 1 aromatic carbocycles. The average molecular weight is 215 g/mol. The molecule has 1 N–H and O–H groups in total. The lowest BCUT2D eigenvalue weighted by Gasteiger charge is -2.10. The van der Waals surface area contributed by atoms with Crippen molar-refractivity contribution < 1.29 is 4.79 Å². The Labute approximate surface area is 93.9 Å². The highest BCUT2D eigenvalue weighted by molar-refractivity contribution is 5.91. The van der Waals surface area contributed by atoms with Gasteiger partial charge in [-0.15, -0.1) is 0 Å². The van der Waals surface area contributed by atoms with Gasteiger partial charge >= 0.3 is 6.03 Å². The summed E-state index contributed by atoms with van der Waals surface area (Å²) in [7, 11) is 0. The van der Waals surface area contributed by atoms with Gasteiger partial charge in [0.25, 0.3) is 0 Å². The van der Waals surface area contributed by atoms with Gasteiger partial charge < -0.3 is 5.32 Å². The molecule has 0 atom stereocenters. The largest absolute Gasteiger partial charge is 0.331 e. The van der Waals surface area contributed by atoms with Crippen molar-refractivity contribution >= 4 is 11.7 Å². The van der Waals surface area contributed by atoms with Crippen molar-refractivity contribution in [2.24, 2.45) is 0 Å². The number of hydrogen-bond donors (Lipinski definition) is 1. The monoisotopic (exact) mass is 215 g/mol. The molecule has 16 heavy (non-hydrogen) atoms. The number of carbonyl (C=O) groups excluding carboxylic acids is 1. The fraction of sp³-hybridized carbons (Fsp3) is 0.167. The van der Waals surface area contributed by atoms with Crippen LogP contribution in [0.4, 0.5) is 10.5 Å². The molecular formula is C12H13N3O. The van der Waals surface area contributed by atoms with Gasteiger partial charge in [0.1, 0.15) is 6.33 Å². The number of aryl methyl sites for hydroxylation is 1. The minimum absolute atomic E-state index is 0.203. The third-order valence-corrected chi connectivity index (χ3v) is 2.59. The van der Waals surface area contributed by atoms with Gasteiger partial charge in [-0.05, 0) is 31.0 Å². The second kappa shape index (κ2) is 4.18. The maximum absolute atomic E-state index is 11.8. The van der Waals surface area contributed by atoms with E-state index in [-0.39, 0.29) is 6.03 Å². The van der Waals surface area contributed by atoms with Crippen LogP contribution < -0.4 is 5.32 Å². The smallest absolute Gasteiger partial charge is 0.307 e. The topological polar surface area (TPSA) is 46.9 Å². The zero-order valence-corrected chi connectivity index (χ0v) is 9.27. The summed E-state index contributed by atoms with van der Waals surface area (Å²) in [4.78, 5) is 15.6. The van der Waals surface area contributed by atoms with Crippen LogP contribution in [0.5, 0.6) is 0 Å². The van der Waals surface area contributed by atoms with Crippen molar-refractivity contribution in [2.45, 2.75) is 13.8 Å². The molecule has 1 amide bonds. The first-order valence-corrected chi connectivity index (χ1v) is 5.04. The van der Waals surface area contributed by atoms with E-state index in [1.807, 2.05) is 32.0 Å². The van der Waals surface area contributed by atoms with Gasteiger partial charge in [-0.3, -0.25) is 4.57 Å². The Hall–Kier alpha value is -2.10. The first-order chi connectivity index (χ1) is 7.68. The van der Waals surface area contributed by atoms with Gasteiger partial charge in [-0.1, -0.05) is 12.1 Å². The highest BCUT2D eigenvalue weighted by Gasteiger charge is 2.06. The molecule has 0 spiro atoms. The summed E-state index contributed by atoms with van der Waals surface area (Å²) in [5.41, 5.74) is 3.07. The molecule has 4 nitrogen and oxygen atoms in total. The lowest BCUT2D eigenvalue weighted by Crippen LogP contribution is -2.18. The number of anilines is 1. The van der Waals surface area contributed by atoms with Crippen molar-refractivity contribution in [1.29, 1.82) is 0 Å². The van der Waals surface area contributed by atoms with E-state index in [4.69, 9.17) is 0 Å². The minimum atomic E-state index is -0.203. The van der Waals surface area contributed by atoms with Gasteiger partial charge in [-0.2, -0.15) is 0 Å². The number of amides is 1. The predicted molar refractivity (Wildman–Crippen MR) is 62.6 cm³/mol. The summed E-state index contributed by atoms with van der Waals surface area (Å²) in [5.74, 6) is 0. The zero-order chi connectivity index (χ0) is 11.5. The second-order valence-electron chi connectivity index (χ2n) is 3.65. The number of nitrogens with one attached hydrogen (secondary N) is 1. The molecule has 0 saturated carbocycles. The molecule has 1 aromatic heterocycles. The van der Waals surface area contributed by atoms with Crippen LogP contribution in [0.3, 0.4) is 0 Å². The molecule has 0 saturated heterocycles. The summed E-state index contributed by atoms with van der Waals surface area (Å²) in [6.07, 6.45) is 4.66. The number of hydrogen-bond acceptors (Lipinski definition) is 2. The van der Waals surface area contributed by atoms with E-state index in [1.54, 1.807) is 12.4 Å². The van der Waals surface area contributed by atoms with E-state index in [0.717, 1.165) is 16.8 Å². The maximum Gasteiger partial charge on any atom is 0.331 e. The van der Waals surface area contributed by atoms with Crippen molar-refractivity contribution in [3.63, 3.8) is 0 Å². The number of aromatic nitrogens is 2. The van der Waals surface area contributed by atoms with Gasteiger partial charge in [-0.25, -0.2) is 9.78 Å². The van der Waals surface area contributed by atoms with Crippen LogP contribution in [0.15, 0.2) is 36.9 Å². The first-order valence-electron chi connectivity index (χ1n) is 5.04. The average Bonchev–Trinajstić information content (AvgIpc) is 2.78. The van der Waals surface area contributed by atoms with E-state index in [1.165, 1.54) is 10.9 Å². The zero-order valence-electron chi connectivity index (χ0n) is 9.27. The molecule has 0 aliphatic heterocycles. The Morgan fingerprint density at radius 2 is 2.19 bits per heavy atom. The number of imidazole rings is 1. The Morgan fingerprint density at radius 1 is 1.38 bits per heavy atom. The Kier molecular flexibility index (Phi) is 2.72. The van der Waals surface area contributed by atoms with Crippen molar-refractivity contribution in [2.75, 3.05) is 5.32 Å². The molecule has 0 unspecified atom stereocenters. The Balaban J connectivity index is 2.22. The molecule has 2 aromatic rings. The standard InChI is InChI=1S/C12H13N3O/c1-9-4-3-5-11(10(9)2)14-12(16)15-7-6-13-8-15/h3-8H,1-2H3,(H,14,16). The molecular weight excluding hydrogens is 202 g/mol. The Bertz CT molecular complexity index is 503. The quantitative estimate of drug-likeness (QED) is 0.794. The van der Waals surface area contributed by atoms with Crippen LogP contribution in [0.25, 0.3) is 0 Å². The molecule has 2 rings (SSSR count). The van der Waals surface area contributed by atoms with Crippen LogP contribution in [0, 0.1) is 13.8 Å². The number of carbonyl (C=O) groups is 1. The molecule has 1 heterocycles.